The second-order valence-electron chi connectivity index (χ2n) is 8.34. The minimum Gasteiger partial charge on any atom is -0.459 e. The smallest absolute Gasteiger partial charge is 0.193 e. The summed E-state index contributed by atoms with van der Waals surface area (Å²) in [7, 11) is 3.90. The van der Waals surface area contributed by atoms with Gasteiger partial charge in [0, 0.05) is 38.0 Å². The molecule has 6 nitrogen and oxygen atoms in total. The van der Waals surface area contributed by atoms with Crippen LogP contribution in [0.3, 0.4) is 0 Å². The summed E-state index contributed by atoms with van der Waals surface area (Å²) in [6.45, 7) is 7.08. The Hall–Kier alpha value is -1.65. The van der Waals surface area contributed by atoms with Crippen LogP contribution >= 0.6 is 35.3 Å². The van der Waals surface area contributed by atoms with Crippen molar-refractivity contribution in [2.45, 2.75) is 39.3 Å². The number of nitrogens with zero attached hydrogens (tertiary/aromatic N) is 4. The lowest BCUT2D eigenvalue weighted by Gasteiger charge is -2.32. The summed E-state index contributed by atoms with van der Waals surface area (Å²) in [5.41, 5.74) is 2.16. The number of guanidine groups is 1. The Bertz CT molecular complexity index is 976. The van der Waals surface area contributed by atoms with Crippen molar-refractivity contribution in [3.8, 4) is 0 Å². The van der Waals surface area contributed by atoms with Gasteiger partial charge in [-0.25, -0.2) is 4.98 Å². The molecule has 3 heterocycles. The number of aromatic nitrogens is 1. The Labute approximate surface area is 212 Å². The normalized spacial score (nSPS) is 15.7. The van der Waals surface area contributed by atoms with Crippen LogP contribution in [0.4, 0.5) is 0 Å². The van der Waals surface area contributed by atoms with Crippen LogP contribution in [0.15, 0.2) is 45.1 Å². The molecule has 32 heavy (non-hydrogen) atoms. The molecule has 1 N–H and O–H groups in total. The maximum absolute atomic E-state index is 5.96. The number of hydrogen-bond donors (Lipinski definition) is 1. The number of hydrogen-bond acceptors (Lipinski definition) is 5. The molecule has 0 aliphatic carbocycles. The monoisotopic (exact) mass is 567 g/mol. The fourth-order valence-electron chi connectivity index (χ4n) is 4.21. The van der Waals surface area contributed by atoms with Crippen LogP contribution in [0.2, 0.25) is 0 Å². The van der Waals surface area contributed by atoms with Crippen LogP contribution in [0, 0.1) is 5.92 Å². The van der Waals surface area contributed by atoms with E-state index in [0.717, 1.165) is 55.3 Å². The standard InChI is InChI=1S/C24H33N5OS.HI/c1-4-23-27-20(17-31-23)15-29-11-9-18(10-12-29)14-26-24(25-2)28(3)16-21-13-19-7-5-6-8-22(19)30-21;/h5-8,13,17-18H,4,9-12,14-16H2,1-3H3,(H,25,26);1H. The van der Waals surface area contributed by atoms with Gasteiger partial charge in [-0.1, -0.05) is 25.1 Å². The van der Waals surface area contributed by atoms with Gasteiger partial charge in [-0.15, -0.1) is 35.3 Å². The quantitative estimate of drug-likeness (QED) is 0.248. The number of benzene rings is 1. The van der Waals surface area contributed by atoms with Crippen molar-refractivity contribution in [1.82, 2.24) is 20.1 Å². The number of likely N-dealkylation sites (tertiary alicyclic amines) is 1. The molecule has 0 atom stereocenters. The zero-order valence-electron chi connectivity index (χ0n) is 19.2. The van der Waals surface area contributed by atoms with Gasteiger partial charge >= 0.3 is 0 Å². The number of thiazole rings is 1. The van der Waals surface area contributed by atoms with E-state index in [9.17, 15) is 0 Å². The molecule has 1 aromatic carbocycles. The molecule has 8 heteroatoms. The van der Waals surface area contributed by atoms with E-state index < -0.39 is 0 Å². The summed E-state index contributed by atoms with van der Waals surface area (Å²) < 4.78 is 5.96. The summed E-state index contributed by atoms with van der Waals surface area (Å²) in [6, 6.07) is 10.2. The highest BCUT2D eigenvalue weighted by molar-refractivity contribution is 14.0. The van der Waals surface area contributed by atoms with Gasteiger partial charge in [0.05, 0.1) is 17.2 Å². The number of piperidine rings is 1. The zero-order chi connectivity index (χ0) is 21.6. The molecule has 4 rings (SSSR count). The lowest BCUT2D eigenvalue weighted by Crippen LogP contribution is -2.43. The van der Waals surface area contributed by atoms with Crippen molar-refractivity contribution in [3.63, 3.8) is 0 Å². The van der Waals surface area contributed by atoms with Crippen molar-refractivity contribution < 1.29 is 4.42 Å². The van der Waals surface area contributed by atoms with Gasteiger partial charge in [0.25, 0.3) is 0 Å². The minimum absolute atomic E-state index is 0. The predicted molar refractivity (Wildman–Crippen MR) is 144 cm³/mol. The maximum atomic E-state index is 5.96. The molecular weight excluding hydrogens is 533 g/mol. The molecule has 1 fully saturated rings. The van der Waals surface area contributed by atoms with E-state index >= 15 is 0 Å². The number of nitrogens with one attached hydrogen (secondary N) is 1. The van der Waals surface area contributed by atoms with Gasteiger partial charge in [-0.3, -0.25) is 9.89 Å². The third-order valence-electron chi connectivity index (χ3n) is 5.99. The van der Waals surface area contributed by atoms with Gasteiger partial charge in [0.15, 0.2) is 5.96 Å². The van der Waals surface area contributed by atoms with Gasteiger partial charge < -0.3 is 14.6 Å². The van der Waals surface area contributed by atoms with Gasteiger partial charge in [0.2, 0.25) is 0 Å². The van der Waals surface area contributed by atoms with Crippen LogP contribution in [-0.2, 0) is 19.5 Å². The van der Waals surface area contributed by atoms with Crippen LogP contribution in [0.1, 0.15) is 36.2 Å². The lowest BCUT2D eigenvalue weighted by atomic mass is 9.97. The number of halogens is 1. The molecular formula is C24H34IN5OS. The number of fused-ring (bicyclic) bond motifs is 1. The van der Waals surface area contributed by atoms with E-state index in [1.165, 1.54) is 23.5 Å². The molecule has 0 bridgehead atoms. The molecule has 174 valence electrons. The fraction of sp³-hybridized carbons (Fsp3) is 0.500. The average molecular weight is 568 g/mol. The molecule has 1 aliphatic heterocycles. The van der Waals surface area contributed by atoms with E-state index in [-0.39, 0.29) is 24.0 Å². The molecule has 1 saturated heterocycles. The van der Waals surface area contributed by atoms with Crippen molar-refractivity contribution in [3.05, 3.63) is 52.2 Å². The van der Waals surface area contributed by atoms with Gasteiger partial charge in [0.1, 0.15) is 11.3 Å². The highest BCUT2D eigenvalue weighted by atomic mass is 127. The number of rotatable bonds is 7. The maximum Gasteiger partial charge on any atom is 0.193 e. The molecule has 0 unspecified atom stereocenters. The number of furan rings is 1. The van der Waals surface area contributed by atoms with E-state index in [4.69, 9.17) is 9.40 Å². The third-order valence-corrected chi connectivity index (χ3v) is 7.03. The number of para-hydroxylation sites is 1. The van der Waals surface area contributed by atoms with E-state index in [0.29, 0.717) is 12.5 Å². The first-order chi connectivity index (χ1) is 15.1. The summed E-state index contributed by atoms with van der Waals surface area (Å²) in [5, 5.41) is 8.18. The molecule has 1 aliphatic rings. The Kier molecular flexibility index (Phi) is 9.36. The van der Waals surface area contributed by atoms with Crippen LogP contribution in [0.5, 0.6) is 0 Å². The Morgan fingerprint density at radius 2 is 2.09 bits per heavy atom. The highest BCUT2D eigenvalue weighted by Crippen LogP contribution is 2.21. The predicted octanol–water partition coefficient (Wildman–Crippen LogP) is 4.99. The van der Waals surface area contributed by atoms with Gasteiger partial charge in [-0.05, 0) is 50.4 Å². The topological polar surface area (TPSA) is 56.9 Å². The fourth-order valence-corrected chi connectivity index (χ4v) is 4.94. The number of aliphatic imine (C=N–C) groups is 1. The Morgan fingerprint density at radius 1 is 1.31 bits per heavy atom. The summed E-state index contributed by atoms with van der Waals surface area (Å²) in [6.07, 6.45) is 3.45. The second-order valence-corrected chi connectivity index (χ2v) is 9.28. The van der Waals surface area contributed by atoms with Crippen LogP contribution in [-0.4, -0.2) is 54.5 Å². The molecule has 2 aromatic heterocycles. The molecule has 0 amide bonds. The highest BCUT2D eigenvalue weighted by Gasteiger charge is 2.21. The van der Waals surface area contributed by atoms with Crippen molar-refractivity contribution in [2.24, 2.45) is 10.9 Å². The van der Waals surface area contributed by atoms with E-state index in [1.54, 1.807) is 11.3 Å². The summed E-state index contributed by atoms with van der Waals surface area (Å²) in [5.74, 6) is 2.54. The van der Waals surface area contributed by atoms with Crippen LogP contribution in [0.25, 0.3) is 11.0 Å². The summed E-state index contributed by atoms with van der Waals surface area (Å²) >= 11 is 1.78. The SMILES string of the molecule is CCc1nc(CN2CCC(CNC(=NC)N(C)Cc3cc4ccccc4o3)CC2)cs1.I. The van der Waals surface area contributed by atoms with Crippen molar-refractivity contribution in [2.75, 3.05) is 33.7 Å². The first kappa shape index (κ1) is 25.0. The largest absolute Gasteiger partial charge is 0.459 e. The average Bonchev–Trinajstić information content (AvgIpc) is 3.41. The lowest BCUT2D eigenvalue weighted by molar-refractivity contribution is 0.176. The molecule has 3 aromatic rings. The third kappa shape index (κ3) is 6.45. The first-order valence-corrected chi connectivity index (χ1v) is 12.1. The Morgan fingerprint density at radius 3 is 2.78 bits per heavy atom. The van der Waals surface area contributed by atoms with E-state index in [1.807, 2.05) is 25.2 Å². The van der Waals surface area contributed by atoms with Crippen molar-refractivity contribution in [1.29, 1.82) is 0 Å². The van der Waals surface area contributed by atoms with Gasteiger partial charge in [-0.2, -0.15) is 0 Å². The number of aryl methyl sites for hydroxylation is 1. The minimum atomic E-state index is 0. The Balaban J connectivity index is 0.00000289. The zero-order valence-corrected chi connectivity index (χ0v) is 22.4. The van der Waals surface area contributed by atoms with Crippen molar-refractivity contribution >= 4 is 52.2 Å². The van der Waals surface area contributed by atoms with E-state index in [2.05, 4.69) is 51.6 Å². The second kappa shape index (κ2) is 12.0. The van der Waals surface area contributed by atoms with Crippen LogP contribution < -0.4 is 5.32 Å². The molecule has 0 radical (unpaired) electrons. The summed E-state index contributed by atoms with van der Waals surface area (Å²) in [4.78, 5) is 13.9. The first-order valence-electron chi connectivity index (χ1n) is 11.2. The molecule has 0 spiro atoms. The molecule has 0 saturated carbocycles.